The number of hydrogen-bond acceptors (Lipinski definition) is 1. The molecule has 3 heteroatoms. The normalized spacial score (nSPS) is 21.9. The molecule has 1 fully saturated rings. The molecular formula is C14H18BrNO. The van der Waals surface area contributed by atoms with E-state index in [-0.39, 0.29) is 11.9 Å². The van der Waals surface area contributed by atoms with E-state index in [1.807, 2.05) is 17.0 Å². The lowest BCUT2D eigenvalue weighted by Gasteiger charge is -2.26. The van der Waals surface area contributed by atoms with E-state index in [0.717, 1.165) is 11.9 Å². The van der Waals surface area contributed by atoms with Crippen LogP contribution in [0.2, 0.25) is 0 Å². The smallest absolute Gasteiger partial charge is 0.223 e. The second-order valence-electron chi connectivity index (χ2n) is 4.80. The quantitative estimate of drug-likeness (QED) is 0.784. The Balaban J connectivity index is 2.18. The molecule has 0 bridgehead atoms. The summed E-state index contributed by atoms with van der Waals surface area (Å²) in [7, 11) is 0. The molecule has 0 N–H and O–H groups in total. The fourth-order valence-electron chi connectivity index (χ4n) is 2.51. The third-order valence-electron chi connectivity index (χ3n) is 3.56. The number of carbonyl (C=O) groups is 1. The molecule has 2 unspecified atom stereocenters. The van der Waals surface area contributed by atoms with Gasteiger partial charge in [-0.2, -0.15) is 0 Å². The van der Waals surface area contributed by atoms with Crippen molar-refractivity contribution in [3.05, 3.63) is 35.4 Å². The fourth-order valence-corrected chi connectivity index (χ4v) is 2.94. The minimum atomic E-state index is 0.188. The van der Waals surface area contributed by atoms with E-state index in [4.69, 9.17) is 0 Å². The summed E-state index contributed by atoms with van der Waals surface area (Å²) < 4.78 is 0. The van der Waals surface area contributed by atoms with Gasteiger partial charge in [0.15, 0.2) is 0 Å². The molecule has 1 aliphatic heterocycles. The molecule has 17 heavy (non-hydrogen) atoms. The first kappa shape index (κ1) is 12.6. The van der Waals surface area contributed by atoms with Gasteiger partial charge in [0.1, 0.15) is 0 Å². The van der Waals surface area contributed by atoms with Crippen molar-refractivity contribution < 1.29 is 4.79 Å². The van der Waals surface area contributed by atoms with E-state index in [1.54, 1.807) is 0 Å². The predicted octanol–water partition coefficient (Wildman–Crippen LogP) is 3.30. The van der Waals surface area contributed by atoms with Gasteiger partial charge in [0.2, 0.25) is 5.91 Å². The summed E-state index contributed by atoms with van der Waals surface area (Å²) in [4.78, 5) is 14.0. The van der Waals surface area contributed by atoms with E-state index < -0.39 is 0 Å². The summed E-state index contributed by atoms with van der Waals surface area (Å²) in [5, 5.41) is 0.912. The summed E-state index contributed by atoms with van der Waals surface area (Å²) in [6.07, 6.45) is 0.682. The standard InChI is InChI=1S/C14H18BrNO/c1-10-5-3-4-6-13(10)11(2)16-9-12(8-15)7-14(16)17/h3-6,11-12H,7-9H2,1-2H3. The van der Waals surface area contributed by atoms with Gasteiger partial charge in [0.25, 0.3) is 0 Å². The Morgan fingerprint density at radius 3 is 2.76 bits per heavy atom. The van der Waals surface area contributed by atoms with Crippen molar-refractivity contribution in [2.75, 3.05) is 11.9 Å². The van der Waals surface area contributed by atoms with Crippen molar-refractivity contribution in [2.24, 2.45) is 5.92 Å². The maximum absolute atomic E-state index is 12.0. The number of benzene rings is 1. The first-order valence-electron chi connectivity index (χ1n) is 6.04. The van der Waals surface area contributed by atoms with Gasteiger partial charge in [-0.1, -0.05) is 40.2 Å². The molecule has 1 saturated heterocycles. The predicted molar refractivity (Wildman–Crippen MR) is 73.2 cm³/mol. The van der Waals surface area contributed by atoms with Gasteiger partial charge >= 0.3 is 0 Å². The number of likely N-dealkylation sites (tertiary alicyclic amines) is 1. The Morgan fingerprint density at radius 2 is 2.18 bits per heavy atom. The minimum absolute atomic E-state index is 0.188. The van der Waals surface area contributed by atoms with Crippen molar-refractivity contribution in [1.82, 2.24) is 4.90 Å². The topological polar surface area (TPSA) is 20.3 Å². The van der Waals surface area contributed by atoms with Crippen LogP contribution in [-0.2, 0) is 4.79 Å². The molecular weight excluding hydrogens is 278 g/mol. The van der Waals surface area contributed by atoms with E-state index in [0.29, 0.717) is 12.3 Å². The summed E-state index contributed by atoms with van der Waals surface area (Å²) >= 11 is 3.47. The van der Waals surface area contributed by atoms with E-state index >= 15 is 0 Å². The molecule has 1 amide bonds. The minimum Gasteiger partial charge on any atom is -0.336 e. The van der Waals surface area contributed by atoms with E-state index in [9.17, 15) is 4.79 Å². The number of amides is 1. The lowest BCUT2D eigenvalue weighted by atomic mass is 10.0. The highest BCUT2D eigenvalue weighted by molar-refractivity contribution is 9.09. The van der Waals surface area contributed by atoms with Crippen LogP contribution in [0.3, 0.4) is 0 Å². The monoisotopic (exact) mass is 295 g/mol. The average molecular weight is 296 g/mol. The van der Waals surface area contributed by atoms with Gasteiger partial charge in [-0.3, -0.25) is 4.79 Å². The zero-order valence-corrected chi connectivity index (χ0v) is 11.9. The summed E-state index contributed by atoms with van der Waals surface area (Å²) in [6.45, 7) is 5.10. The first-order valence-corrected chi connectivity index (χ1v) is 7.16. The number of halogens is 1. The molecule has 2 atom stereocenters. The van der Waals surface area contributed by atoms with Gasteiger partial charge in [-0.05, 0) is 30.9 Å². The molecule has 1 aliphatic rings. The number of carbonyl (C=O) groups excluding carboxylic acids is 1. The van der Waals surface area contributed by atoms with Crippen molar-refractivity contribution in [2.45, 2.75) is 26.3 Å². The fraction of sp³-hybridized carbons (Fsp3) is 0.500. The summed E-state index contributed by atoms with van der Waals surface area (Å²) in [6, 6.07) is 8.50. The van der Waals surface area contributed by atoms with E-state index in [1.165, 1.54) is 11.1 Å². The van der Waals surface area contributed by atoms with Crippen LogP contribution in [0.4, 0.5) is 0 Å². The molecule has 2 rings (SSSR count). The second-order valence-corrected chi connectivity index (χ2v) is 5.45. The second kappa shape index (κ2) is 5.21. The molecule has 0 saturated carbocycles. The van der Waals surface area contributed by atoms with Gasteiger partial charge in [-0.15, -0.1) is 0 Å². The Morgan fingerprint density at radius 1 is 1.47 bits per heavy atom. The SMILES string of the molecule is Cc1ccccc1C(C)N1CC(CBr)CC1=O. The maximum atomic E-state index is 12.0. The highest BCUT2D eigenvalue weighted by Crippen LogP contribution is 2.30. The van der Waals surface area contributed by atoms with Crippen LogP contribution in [0.1, 0.15) is 30.5 Å². The lowest BCUT2D eigenvalue weighted by molar-refractivity contribution is -0.129. The largest absolute Gasteiger partial charge is 0.336 e. The lowest BCUT2D eigenvalue weighted by Crippen LogP contribution is -2.29. The van der Waals surface area contributed by atoms with E-state index in [2.05, 4.69) is 41.9 Å². The molecule has 0 aromatic heterocycles. The zero-order chi connectivity index (χ0) is 12.4. The number of rotatable bonds is 3. The highest BCUT2D eigenvalue weighted by Gasteiger charge is 2.32. The summed E-state index contributed by atoms with van der Waals surface area (Å²) in [5.74, 6) is 0.749. The molecule has 1 heterocycles. The Labute approximate surface area is 111 Å². The third-order valence-corrected chi connectivity index (χ3v) is 4.48. The van der Waals surface area contributed by atoms with Crippen LogP contribution < -0.4 is 0 Å². The maximum Gasteiger partial charge on any atom is 0.223 e. The average Bonchev–Trinajstić information content (AvgIpc) is 2.70. The van der Waals surface area contributed by atoms with Gasteiger partial charge in [0, 0.05) is 18.3 Å². The first-order chi connectivity index (χ1) is 8.13. The van der Waals surface area contributed by atoms with Crippen LogP contribution >= 0.6 is 15.9 Å². The van der Waals surface area contributed by atoms with Crippen LogP contribution in [0, 0.1) is 12.8 Å². The van der Waals surface area contributed by atoms with Crippen LogP contribution in [0.5, 0.6) is 0 Å². The molecule has 2 nitrogen and oxygen atoms in total. The van der Waals surface area contributed by atoms with Crippen molar-refractivity contribution >= 4 is 21.8 Å². The summed E-state index contributed by atoms with van der Waals surface area (Å²) in [5.41, 5.74) is 2.52. The van der Waals surface area contributed by atoms with Gasteiger partial charge in [0.05, 0.1) is 6.04 Å². The van der Waals surface area contributed by atoms with Crippen molar-refractivity contribution in [1.29, 1.82) is 0 Å². The Kier molecular flexibility index (Phi) is 3.87. The molecule has 0 aliphatic carbocycles. The van der Waals surface area contributed by atoms with Gasteiger partial charge in [-0.25, -0.2) is 0 Å². The Bertz CT molecular complexity index is 418. The number of alkyl halides is 1. The van der Waals surface area contributed by atoms with Crippen molar-refractivity contribution in [3.8, 4) is 0 Å². The van der Waals surface area contributed by atoms with Gasteiger partial charge < -0.3 is 4.90 Å². The Hall–Kier alpha value is -0.830. The van der Waals surface area contributed by atoms with Crippen LogP contribution in [-0.4, -0.2) is 22.7 Å². The zero-order valence-electron chi connectivity index (χ0n) is 10.3. The third kappa shape index (κ3) is 2.54. The molecule has 0 spiro atoms. The molecule has 92 valence electrons. The molecule has 0 radical (unpaired) electrons. The van der Waals surface area contributed by atoms with Crippen LogP contribution in [0.15, 0.2) is 24.3 Å². The number of aryl methyl sites for hydroxylation is 1. The molecule has 1 aromatic rings. The number of hydrogen-bond donors (Lipinski definition) is 0. The number of nitrogens with zero attached hydrogens (tertiary/aromatic N) is 1. The highest BCUT2D eigenvalue weighted by atomic mass is 79.9. The van der Waals surface area contributed by atoms with Crippen molar-refractivity contribution in [3.63, 3.8) is 0 Å². The van der Waals surface area contributed by atoms with Crippen LogP contribution in [0.25, 0.3) is 0 Å². The molecule has 1 aromatic carbocycles.